The van der Waals surface area contributed by atoms with Crippen LogP contribution < -0.4 is 5.73 Å². The zero-order valence-corrected chi connectivity index (χ0v) is 7.57. The second-order valence-electron chi connectivity index (χ2n) is 1.40. The molecule has 0 fully saturated rings. The number of hydrogen-bond donors (Lipinski definition) is 1. The molecular formula is C4H4Br2N2O. The van der Waals surface area contributed by atoms with E-state index in [9.17, 15) is 4.79 Å². The number of halogens is 2. The summed E-state index contributed by atoms with van der Waals surface area (Å²) < 4.78 is -1.05. The van der Waals surface area contributed by atoms with Crippen LogP contribution in [0.25, 0.3) is 0 Å². The van der Waals surface area contributed by atoms with Crippen LogP contribution in [0.5, 0.6) is 0 Å². The van der Waals surface area contributed by atoms with Gasteiger partial charge in [0.15, 0.2) is 3.23 Å². The third-order valence-corrected chi connectivity index (χ3v) is 2.00. The lowest BCUT2D eigenvalue weighted by Gasteiger charge is -2.09. The number of nitriles is 1. The largest absolute Gasteiger partial charge is 0.368 e. The average molecular weight is 256 g/mol. The maximum absolute atomic E-state index is 10.4. The molecule has 0 saturated heterocycles. The van der Waals surface area contributed by atoms with E-state index in [1.54, 1.807) is 6.07 Å². The molecule has 0 aromatic heterocycles. The average Bonchev–Trinajstić information content (AvgIpc) is 1.65. The number of primary amides is 1. The lowest BCUT2D eigenvalue weighted by molar-refractivity contribution is -0.117. The number of rotatable bonds is 2. The number of carbonyl (C=O) groups is 1. The quantitative estimate of drug-likeness (QED) is 0.745. The van der Waals surface area contributed by atoms with E-state index in [1.165, 1.54) is 0 Å². The number of nitrogens with zero attached hydrogens (tertiary/aromatic N) is 1. The molecule has 9 heavy (non-hydrogen) atoms. The molecule has 0 bridgehead atoms. The fourth-order valence-corrected chi connectivity index (χ4v) is 0.437. The first kappa shape index (κ1) is 8.92. The Balaban J connectivity index is 4.06. The first-order valence-electron chi connectivity index (χ1n) is 2.05. The summed E-state index contributed by atoms with van der Waals surface area (Å²) in [4.78, 5) is 10.4. The van der Waals surface area contributed by atoms with Crippen LogP contribution in [0.3, 0.4) is 0 Å². The van der Waals surface area contributed by atoms with Crippen molar-refractivity contribution in [2.45, 2.75) is 9.65 Å². The molecule has 0 radical (unpaired) electrons. The zero-order chi connectivity index (χ0) is 7.49. The minimum absolute atomic E-state index is 0.0162. The summed E-state index contributed by atoms with van der Waals surface area (Å²) in [6.45, 7) is 0. The highest BCUT2D eigenvalue weighted by atomic mass is 79.9. The zero-order valence-electron chi connectivity index (χ0n) is 4.40. The molecule has 0 spiro atoms. The molecule has 0 unspecified atom stereocenters. The second-order valence-corrected chi connectivity index (χ2v) is 5.18. The Morgan fingerprint density at radius 1 is 1.78 bits per heavy atom. The van der Waals surface area contributed by atoms with Crippen LogP contribution in [0.2, 0.25) is 0 Å². The van der Waals surface area contributed by atoms with Crippen molar-refractivity contribution in [3.8, 4) is 6.07 Å². The highest BCUT2D eigenvalue weighted by molar-refractivity contribution is 9.25. The first-order valence-corrected chi connectivity index (χ1v) is 3.64. The molecule has 1 amide bonds. The van der Waals surface area contributed by atoms with Gasteiger partial charge in [-0.3, -0.25) is 4.79 Å². The predicted octanol–water partition coefficient (Wildman–Crippen LogP) is 0.871. The second kappa shape index (κ2) is 3.18. The number of nitrogens with two attached hydrogens (primary N) is 1. The Hall–Kier alpha value is -0.0800. The summed E-state index contributed by atoms with van der Waals surface area (Å²) in [5, 5.41) is 8.13. The van der Waals surface area contributed by atoms with Crippen LogP contribution in [0.4, 0.5) is 0 Å². The molecule has 0 rings (SSSR count). The monoisotopic (exact) mass is 254 g/mol. The molecular weight excluding hydrogens is 252 g/mol. The van der Waals surface area contributed by atoms with Crippen molar-refractivity contribution < 1.29 is 4.79 Å². The van der Waals surface area contributed by atoms with Gasteiger partial charge in [0.1, 0.15) is 0 Å². The van der Waals surface area contributed by atoms with E-state index in [-0.39, 0.29) is 6.42 Å². The van der Waals surface area contributed by atoms with Gasteiger partial charge < -0.3 is 5.73 Å². The summed E-state index contributed by atoms with van der Waals surface area (Å²) >= 11 is 5.85. The molecule has 0 atom stereocenters. The molecule has 0 aromatic rings. The van der Waals surface area contributed by atoms with Crippen LogP contribution in [-0.2, 0) is 4.79 Å². The van der Waals surface area contributed by atoms with Gasteiger partial charge in [-0.25, -0.2) is 0 Å². The molecule has 3 nitrogen and oxygen atoms in total. The van der Waals surface area contributed by atoms with Gasteiger partial charge in [0.05, 0.1) is 12.5 Å². The fourth-order valence-electron chi connectivity index (χ4n) is 0.186. The number of alkyl halides is 2. The molecule has 0 heterocycles. The van der Waals surface area contributed by atoms with Crippen molar-refractivity contribution in [1.29, 1.82) is 5.26 Å². The van der Waals surface area contributed by atoms with E-state index < -0.39 is 9.14 Å². The molecule has 0 saturated carbocycles. The Bertz CT molecular complexity index is 160. The maximum atomic E-state index is 10.4. The van der Waals surface area contributed by atoms with Crippen LogP contribution in [0.15, 0.2) is 0 Å². The van der Waals surface area contributed by atoms with E-state index in [0.29, 0.717) is 0 Å². The third-order valence-electron chi connectivity index (χ3n) is 0.662. The molecule has 0 aliphatic carbocycles. The predicted molar refractivity (Wildman–Crippen MR) is 40.0 cm³/mol. The molecule has 0 aromatic carbocycles. The van der Waals surface area contributed by atoms with Gasteiger partial charge in [-0.2, -0.15) is 5.26 Å². The van der Waals surface area contributed by atoms with E-state index in [0.717, 1.165) is 0 Å². The third kappa shape index (κ3) is 2.82. The van der Waals surface area contributed by atoms with Crippen molar-refractivity contribution >= 4 is 37.8 Å². The smallest absolute Gasteiger partial charge is 0.246 e. The highest BCUT2D eigenvalue weighted by Gasteiger charge is 2.29. The van der Waals surface area contributed by atoms with Crippen LogP contribution >= 0.6 is 31.9 Å². The Labute approximate surface area is 69.5 Å². The van der Waals surface area contributed by atoms with Crippen molar-refractivity contribution in [3.05, 3.63) is 0 Å². The maximum Gasteiger partial charge on any atom is 0.246 e. The van der Waals surface area contributed by atoms with Gasteiger partial charge in [0.2, 0.25) is 5.91 Å². The normalized spacial score (nSPS) is 10.3. The summed E-state index contributed by atoms with van der Waals surface area (Å²) in [5.74, 6) is -0.593. The lowest BCUT2D eigenvalue weighted by Crippen LogP contribution is -2.31. The summed E-state index contributed by atoms with van der Waals surface area (Å²) in [6, 6.07) is 1.79. The number of hydrogen-bond acceptors (Lipinski definition) is 2. The van der Waals surface area contributed by atoms with Crippen molar-refractivity contribution in [2.75, 3.05) is 0 Å². The minimum Gasteiger partial charge on any atom is -0.368 e. The van der Waals surface area contributed by atoms with Gasteiger partial charge in [-0.15, -0.1) is 0 Å². The Morgan fingerprint density at radius 2 is 2.22 bits per heavy atom. The Kier molecular flexibility index (Phi) is 3.15. The van der Waals surface area contributed by atoms with Gasteiger partial charge in [0.25, 0.3) is 0 Å². The SMILES string of the molecule is N#CCC(Br)(Br)C(N)=O. The van der Waals surface area contributed by atoms with Crippen molar-refractivity contribution in [3.63, 3.8) is 0 Å². The number of amides is 1. The van der Waals surface area contributed by atoms with Gasteiger partial charge in [-0.1, -0.05) is 31.9 Å². The van der Waals surface area contributed by atoms with Gasteiger partial charge in [-0.05, 0) is 0 Å². The topological polar surface area (TPSA) is 66.9 Å². The summed E-state index contributed by atoms with van der Waals surface area (Å²) in [7, 11) is 0. The lowest BCUT2D eigenvalue weighted by atomic mass is 10.3. The highest BCUT2D eigenvalue weighted by Crippen LogP contribution is 2.28. The van der Waals surface area contributed by atoms with Gasteiger partial charge >= 0.3 is 0 Å². The molecule has 50 valence electrons. The molecule has 5 heteroatoms. The molecule has 2 N–H and O–H groups in total. The van der Waals surface area contributed by atoms with Gasteiger partial charge in [0, 0.05) is 0 Å². The van der Waals surface area contributed by atoms with E-state index in [2.05, 4.69) is 31.9 Å². The van der Waals surface area contributed by atoms with Crippen LogP contribution in [0, 0.1) is 11.3 Å². The van der Waals surface area contributed by atoms with E-state index in [1.807, 2.05) is 0 Å². The molecule has 0 aliphatic heterocycles. The van der Waals surface area contributed by atoms with E-state index >= 15 is 0 Å². The Morgan fingerprint density at radius 3 is 2.33 bits per heavy atom. The van der Waals surface area contributed by atoms with Crippen LogP contribution in [0.1, 0.15) is 6.42 Å². The van der Waals surface area contributed by atoms with Crippen LogP contribution in [-0.4, -0.2) is 9.14 Å². The summed E-state index contributed by atoms with van der Waals surface area (Å²) in [6.07, 6.45) is 0.0162. The van der Waals surface area contributed by atoms with E-state index in [4.69, 9.17) is 11.0 Å². The minimum atomic E-state index is -1.05. The standard InChI is InChI=1S/C4H4Br2N2O/c5-4(6,1-2-7)3(8)9/h1H2,(H2,8,9). The van der Waals surface area contributed by atoms with Crippen molar-refractivity contribution in [1.82, 2.24) is 0 Å². The number of carbonyl (C=O) groups excluding carboxylic acids is 1. The first-order chi connectivity index (χ1) is 4.00. The summed E-state index contributed by atoms with van der Waals surface area (Å²) in [5.41, 5.74) is 4.87. The molecule has 0 aliphatic rings. The van der Waals surface area contributed by atoms with Crippen molar-refractivity contribution in [2.24, 2.45) is 5.73 Å². The fraction of sp³-hybridized carbons (Fsp3) is 0.500.